The molecule has 0 aliphatic heterocycles. The first-order chi connectivity index (χ1) is 10.3. The van der Waals surface area contributed by atoms with Gasteiger partial charge in [0.25, 0.3) is 0 Å². The lowest BCUT2D eigenvalue weighted by Gasteiger charge is -2.00. The minimum atomic E-state index is -0.258. The quantitative estimate of drug-likeness (QED) is 0.644. The predicted octanol–water partition coefficient (Wildman–Crippen LogP) is 3.58. The van der Waals surface area contributed by atoms with Gasteiger partial charge < -0.3 is 4.42 Å². The molecule has 0 atom stereocenters. The standard InChI is InChI=1S/C16H14N2O2S/c19-16-13-11-4-2-1-3-5-12(11)21-15(13)18-14(20-16)10-6-8-17-9-7-10/h6-9H,1-5H2. The molecule has 3 aromatic rings. The fraction of sp³-hybridized carbons (Fsp3) is 0.312. The molecule has 4 rings (SSSR count). The number of hydrogen-bond donors (Lipinski definition) is 0. The lowest BCUT2D eigenvalue weighted by atomic mass is 10.1. The largest absolute Gasteiger partial charge is 0.403 e. The van der Waals surface area contributed by atoms with Gasteiger partial charge in [0.1, 0.15) is 10.2 Å². The molecule has 0 saturated heterocycles. The Bertz CT molecular complexity index is 852. The zero-order chi connectivity index (χ0) is 14.2. The van der Waals surface area contributed by atoms with Gasteiger partial charge in [-0.1, -0.05) is 6.42 Å². The summed E-state index contributed by atoms with van der Waals surface area (Å²) in [5.74, 6) is 0.381. The second kappa shape index (κ2) is 5.07. The summed E-state index contributed by atoms with van der Waals surface area (Å²) in [5.41, 5.74) is 1.70. The van der Waals surface area contributed by atoms with Crippen molar-refractivity contribution in [1.82, 2.24) is 9.97 Å². The monoisotopic (exact) mass is 298 g/mol. The molecule has 0 bridgehead atoms. The summed E-state index contributed by atoms with van der Waals surface area (Å²) in [6.45, 7) is 0. The van der Waals surface area contributed by atoms with Crippen LogP contribution in [-0.4, -0.2) is 9.97 Å². The molecule has 0 fully saturated rings. The maximum atomic E-state index is 12.4. The highest BCUT2D eigenvalue weighted by Gasteiger charge is 2.20. The minimum Gasteiger partial charge on any atom is -0.403 e. The van der Waals surface area contributed by atoms with E-state index in [9.17, 15) is 4.79 Å². The summed E-state index contributed by atoms with van der Waals surface area (Å²) in [7, 11) is 0. The first kappa shape index (κ1) is 12.7. The summed E-state index contributed by atoms with van der Waals surface area (Å²) >= 11 is 1.65. The van der Waals surface area contributed by atoms with Crippen molar-refractivity contribution in [3.05, 3.63) is 45.4 Å². The number of pyridine rings is 1. The molecule has 0 radical (unpaired) electrons. The van der Waals surface area contributed by atoms with Crippen molar-refractivity contribution in [2.75, 3.05) is 0 Å². The van der Waals surface area contributed by atoms with Gasteiger partial charge in [-0.15, -0.1) is 11.3 Å². The zero-order valence-corrected chi connectivity index (χ0v) is 12.3. The van der Waals surface area contributed by atoms with Gasteiger partial charge in [-0.3, -0.25) is 4.98 Å². The molecule has 0 saturated carbocycles. The van der Waals surface area contributed by atoms with Crippen LogP contribution >= 0.6 is 11.3 Å². The van der Waals surface area contributed by atoms with Crippen LogP contribution < -0.4 is 5.63 Å². The first-order valence-corrected chi connectivity index (χ1v) is 8.00. The van der Waals surface area contributed by atoms with E-state index < -0.39 is 0 Å². The lowest BCUT2D eigenvalue weighted by Crippen LogP contribution is -2.03. The summed E-state index contributed by atoms with van der Waals surface area (Å²) in [4.78, 5) is 23.1. The van der Waals surface area contributed by atoms with Gasteiger partial charge in [-0.2, -0.15) is 0 Å². The third-order valence-electron chi connectivity index (χ3n) is 3.93. The highest BCUT2D eigenvalue weighted by atomic mass is 32.1. The summed E-state index contributed by atoms with van der Waals surface area (Å²) in [6.07, 6.45) is 8.94. The molecule has 0 spiro atoms. The topological polar surface area (TPSA) is 56.0 Å². The number of thiophene rings is 1. The molecule has 5 heteroatoms. The van der Waals surface area contributed by atoms with Crippen LogP contribution in [0.3, 0.4) is 0 Å². The number of rotatable bonds is 1. The van der Waals surface area contributed by atoms with E-state index in [4.69, 9.17) is 4.42 Å². The van der Waals surface area contributed by atoms with E-state index in [1.165, 1.54) is 23.3 Å². The average molecular weight is 298 g/mol. The molecule has 3 aromatic heterocycles. The molecule has 21 heavy (non-hydrogen) atoms. The second-order valence-corrected chi connectivity index (χ2v) is 6.37. The Morgan fingerprint density at radius 3 is 2.76 bits per heavy atom. The Morgan fingerprint density at radius 2 is 1.90 bits per heavy atom. The van der Waals surface area contributed by atoms with Crippen molar-refractivity contribution < 1.29 is 4.42 Å². The molecule has 0 unspecified atom stereocenters. The SMILES string of the molecule is O=c1oc(-c2ccncc2)nc2sc3c(c12)CCCCC3. The smallest absolute Gasteiger partial charge is 0.348 e. The fourth-order valence-corrected chi connectivity index (χ4v) is 4.13. The first-order valence-electron chi connectivity index (χ1n) is 7.19. The van der Waals surface area contributed by atoms with Gasteiger partial charge in [0.2, 0.25) is 5.89 Å². The van der Waals surface area contributed by atoms with Crippen LogP contribution in [0.15, 0.2) is 33.7 Å². The van der Waals surface area contributed by atoms with E-state index in [2.05, 4.69) is 9.97 Å². The maximum Gasteiger partial charge on any atom is 0.348 e. The number of nitrogens with zero attached hydrogens (tertiary/aromatic N) is 2. The Hall–Kier alpha value is -2.01. The zero-order valence-electron chi connectivity index (χ0n) is 11.5. The summed E-state index contributed by atoms with van der Waals surface area (Å²) in [6, 6.07) is 3.60. The Kier molecular flexibility index (Phi) is 3.07. The molecular weight excluding hydrogens is 284 g/mol. The van der Waals surface area contributed by atoms with Gasteiger partial charge in [-0.25, -0.2) is 9.78 Å². The normalized spacial score (nSPS) is 14.9. The average Bonchev–Trinajstić information content (AvgIpc) is 2.71. The van der Waals surface area contributed by atoms with Crippen LogP contribution in [0.5, 0.6) is 0 Å². The lowest BCUT2D eigenvalue weighted by molar-refractivity contribution is 0.518. The Labute approximate surface area is 125 Å². The van der Waals surface area contributed by atoms with Gasteiger partial charge >= 0.3 is 5.63 Å². The molecule has 0 N–H and O–H groups in total. The molecule has 3 heterocycles. The van der Waals surface area contributed by atoms with Gasteiger partial charge in [0.15, 0.2) is 0 Å². The molecular formula is C16H14N2O2S. The van der Waals surface area contributed by atoms with Gasteiger partial charge in [-0.05, 0) is 43.4 Å². The van der Waals surface area contributed by atoms with Crippen molar-refractivity contribution in [3.63, 3.8) is 0 Å². The second-order valence-electron chi connectivity index (χ2n) is 5.29. The minimum absolute atomic E-state index is 0.258. The molecule has 4 nitrogen and oxygen atoms in total. The summed E-state index contributed by atoms with van der Waals surface area (Å²) < 4.78 is 5.45. The van der Waals surface area contributed by atoms with Crippen molar-refractivity contribution in [3.8, 4) is 11.5 Å². The highest BCUT2D eigenvalue weighted by Crippen LogP contribution is 2.33. The van der Waals surface area contributed by atoms with Crippen molar-refractivity contribution in [2.45, 2.75) is 32.1 Å². The number of hydrogen-bond acceptors (Lipinski definition) is 5. The number of aryl methyl sites for hydroxylation is 2. The van der Waals surface area contributed by atoms with Gasteiger partial charge in [0.05, 0.1) is 0 Å². The predicted molar refractivity (Wildman–Crippen MR) is 82.6 cm³/mol. The number of aromatic nitrogens is 2. The molecule has 0 amide bonds. The summed E-state index contributed by atoms with van der Waals surface area (Å²) in [5, 5.41) is 0.703. The van der Waals surface area contributed by atoms with Crippen molar-refractivity contribution >= 4 is 21.6 Å². The van der Waals surface area contributed by atoms with Crippen LogP contribution in [-0.2, 0) is 12.8 Å². The van der Waals surface area contributed by atoms with Crippen LogP contribution in [0.4, 0.5) is 0 Å². The molecule has 1 aliphatic carbocycles. The van der Waals surface area contributed by atoms with Crippen LogP contribution in [0.25, 0.3) is 21.7 Å². The number of fused-ring (bicyclic) bond motifs is 3. The molecule has 0 aromatic carbocycles. The molecule has 1 aliphatic rings. The van der Waals surface area contributed by atoms with E-state index in [-0.39, 0.29) is 5.63 Å². The van der Waals surface area contributed by atoms with Crippen LogP contribution in [0.2, 0.25) is 0 Å². The van der Waals surface area contributed by atoms with Crippen molar-refractivity contribution in [1.29, 1.82) is 0 Å². The highest BCUT2D eigenvalue weighted by molar-refractivity contribution is 7.18. The molecule has 106 valence electrons. The van der Waals surface area contributed by atoms with E-state index in [0.29, 0.717) is 11.3 Å². The third-order valence-corrected chi connectivity index (χ3v) is 5.11. The Balaban J connectivity index is 1.94. The maximum absolute atomic E-state index is 12.4. The van der Waals surface area contributed by atoms with Crippen molar-refractivity contribution in [2.24, 2.45) is 0 Å². The van der Waals surface area contributed by atoms with E-state index >= 15 is 0 Å². The Morgan fingerprint density at radius 1 is 1.10 bits per heavy atom. The third kappa shape index (κ3) is 2.17. The van der Waals surface area contributed by atoms with E-state index in [1.807, 2.05) is 0 Å². The fourth-order valence-electron chi connectivity index (χ4n) is 2.89. The van der Waals surface area contributed by atoms with Crippen LogP contribution in [0, 0.1) is 0 Å². The van der Waals surface area contributed by atoms with E-state index in [0.717, 1.165) is 29.7 Å². The van der Waals surface area contributed by atoms with E-state index in [1.54, 1.807) is 35.9 Å². The van der Waals surface area contributed by atoms with Gasteiger partial charge in [0, 0.05) is 22.8 Å². The van der Waals surface area contributed by atoms with Crippen LogP contribution in [0.1, 0.15) is 29.7 Å².